The van der Waals surface area contributed by atoms with E-state index in [1.165, 1.54) is 6.20 Å². The molecule has 0 aromatic carbocycles. The van der Waals surface area contributed by atoms with Gasteiger partial charge in [0.15, 0.2) is 5.69 Å². The number of nitrogens with one attached hydrogen (secondary N) is 1. The Labute approximate surface area is 129 Å². The summed E-state index contributed by atoms with van der Waals surface area (Å²) in [6.07, 6.45) is 0.735. The molecule has 0 bridgehead atoms. The number of piperidine rings is 1. The summed E-state index contributed by atoms with van der Waals surface area (Å²) >= 11 is 0. The zero-order chi connectivity index (χ0) is 16.8. The number of rotatable bonds is 3. The van der Waals surface area contributed by atoms with E-state index in [-0.39, 0.29) is 23.0 Å². The third kappa shape index (κ3) is 5.97. The van der Waals surface area contributed by atoms with Gasteiger partial charge < -0.3 is 15.8 Å². The van der Waals surface area contributed by atoms with Crippen molar-refractivity contribution in [3.05, 3.63) is 11.9 Å². The van der Waals surface area contributed by atoms with Crippen LogP contribution in [-0.2, 0) is 9.53 Å². The molecule has 0 radical (unpaired) electrons. The fourth-order valence-electron chi connectivity index (χ4n) is 1.99. The fraction of sp³-hybridized carbons (Fsp3) is 0.714. The summed E-state index contributed by atoms with van der Waals surface area (Å²) in [5.41, 5.74) is 4.94. The molecule has 1 aromatic rings. The van der Waals surface area contributed by atoms with Crippen LogP contribution in [0, 0.1) is 0 Å². The van der Waals surface area contributed by atoms with E-state index in [0.717, 1.165) is 25.9 Å². The molecular formula is C14H24F2N4O2. The minimum atomic E-state index is -2.59. The van der Waals surface area contributed by atoms with Gasteiger partial charge in [0.25, 0.3) is 12.9 Å². The van der Waals surface area contributed by atoms with Crippen molar-refractivity contribution in [3.63, 3.8) is 0 Å². The lowest BCUT2D eigenvalue weighted by molar-refractivity contribution is -0.138. The summed E-state index contributed by atoms with van der Waals surface area (Å²) in [6, 6.07) is 0.195. The molecule has 0 unspecified atom stereocenters. The molecule has 0 spiro atoms. The predicted molar refractivity (Wildman–Crippen MR) is 79.6 cm³/mol. The number of nitrogens with two attached hydrogens (primary N) is 1. The second kappa shape index (κ2) is 8.07. The lowest BCUT2D eigenvalue weighted by Crippen LogP contribution is -2.29. The van der Waals surface area contributed by atoms with Gasteiger partial charge in [0.2, 0.25) is 0 Å². The number of ether oxygens (including phenoxy) is 1. The zero-order valence-corrected chi connectivity index (χ0v) is 13.2. The number of hydrogen-bond donors (Lipinski definition) is 2. The third-order valence-corrected chi connectivity index (χ3v) is 3.08. The highest BCUT2D eigenvalue weighted by atomic mass is 19.3. The largest absolute Gasteiger partial charge is 0.462 e. The second-order valence-electron chi connectivity index (χ2n) is 6.06. The maximum Gasteiger partial charge on any atom is 0.293 e. The Morgan fingerprint density at radius 3 is 2.41 bits per heavy atom. The number of nitrogens with zero attached hydrogens (tertiary/aromatic N) is 2. The molecule has 3 N–H and O–H groups in total. The maximum absolute atomic E-state index is 12.4. The molecule has 126 valence electrons. The number of carbonyl (C=O) groups is 1. The molecule has 1 aromatic heterocycles. The van der Waals surface area contributed by atoms with E-state index >= 15 is 0 Å². The Bertz CT molecular complexity index is 466. The Morgan fingerprint density at radius 1 is 1.45 bits per heavy atom. The summed E-state index contributed by atoms with van der Waals surface area (Å²) in [4.78, 5) is 9.60. The molecule has 1 aliphatic rings. The van der Waals surface area contributed by atoms with Gasteiger partial charge in [-0.25, -0.2) is 8.78 Å². The summed E-state index contributed by atoms with van der Waals surface area (Å²) in [7, 11) is 0. The number of halogens is 2. The van der Waals surface area contributed by atoms with Crippen molar-refractivity contribution in [2.24, 2.45) is 0 Å². The van der Waals surface area contributed by atoms with E-state index < -0.39 is 6.43 Å². The van der Waals surface area contributed by atoms with Crippen molar-refractivity contribution < 1.29 is 18.3 Å². The molecule has 0 atom stereocenters. The van der Waals surface area contributed by atoms with Gasteiger partial charge in [0, 0.05) is 6.20 Å². The van der Waals surface area contributed by atoms with Crippen molar-refractivity contribution in [1.29, 1.82) is 0 Å². The molecule has 0 amide bonds. The zero-order valence-electron chi connectivity index (χ0n) is 13.2. The number of anilines is 1. The van der Waals surface area contributed by atoms with Crippen LogP contribution in [0.4, 0.5) is 14.5 Å². The number of aromatic nitrogens is 2. The van der Waals surface area contributed by atoms with Gasteiger partial charge >= 0.3 is 0 Å². The van der Waals surface area contributed by atoms with Crippen LogP contribution in [-0.4, -0.2) is 34.9 Å². The van der Waals surface area contributed by atoms with E-state index in [1.807, 2.05) is 20.8 Å². The van der Waals surface area contributed by atoms with Gasteiger partial charge in [0.05, 0.1) is 11.7 Å². The van der Waals surface area contributed by atoms with Gasteiger partial charge in [-0.3, -0.25) is 9.48 Å². The fourth-order valence-corrected chi connectivity index (χ4v) is 1.99. The molecule has 1 aliphatic heterocycles. The van der Waals surface area contributed by atoms with Crippen molar-refractivity contribution in [3.8, 4) is 0 Å². The van der Waals surface area contributed by atoms with E-state index in [2.05, 4.69) is 15.2 Å². The first kappa shape index (κ1) is 18.3. The lowest BCUT2D eigenvalue weighted by Gasteiger charge is -2.22. The third-order valence-electron chi connectivity index (χ3n) is 3.08. The molecule has 0 aliphatic carbocycles. The Kier molecular flexibility index (Phi) is 6.73. The molecule has 1 saturated heterocycles. The minimum absolute atomic E-state index is 0.0866. The molecule has 8 heteroatoms. The molecule has 6 nitrogen and oxygen atoms in total. The predicted octanol–water partition coefficient (Wildman–Crippen LogP) is 2.29. The van der Waals surface area contributed by atoms with Crippen LogP contribution in [0.25, 0.3) is 0 Å². The lowest BCUT2D eigenvalue weighted by atomic mass is 10.1. The average Bonchev–Trinajstić information content (AvgIpc) is 2.81. The van der Waals surface area contributed by atoms with E-state index in [4.69, 9.17) is 5.73 Å². The summed E-state index contributed by atoms with van der Waals surface area (Å²) in [6.45, 7) is 7.72. The van der Waals surface area contributed by atoms with Gasteiger partial charge in [-0.1, -0.05) is 0 Å². The van der Waals surface area contributed by atoms with Crippen molar-refractivity contribution in [1.82, 2.24) is 15.1 Å². The number of alkyl halides is 2. The van der Waals surface area contributed by atoms with Gasteiger partial charge in [0.1, 0.15) is 5.60 Å². The molecule has 2 rings (SSSR count). The minimum Gasteiger partial charge on any atom is -0.462 e. The van der Waals surface area contributed by atoms with E-state index in [1.54, 1.807) is 4.68 Å². The highest BCUT2D eigenvalue weighted by Crippen LogP contribution is 2.26. The monoisotopic (exact) mass is 318 g/mol. The topological polar surface area (TPSA) is 82.2 Å². The Morgan fingerprint density at radius 2 is 2.05 bits per heavy atom. The van der Waals surface area contributed by atoms with Crippen LogP contribution in [0.5, 0.6) is 0 Å². The number of hydrogen-bond acceptors (Lipinski definition) is 5. The highest BCUT2D eigenvalue weighted by Gasteiger charge is 2.21. The SMILES string of the molecule is CC(C)(C)OC=O.Nc1cn(C2CCNCC2)nc1C(F)F. The molecule has 2 heterocycles. The molecular weight excluding hydrogens is 294 g/mol. The quantitative estimate of drug-likeness (QED) is 0.836. The normalized spacial score (nSPS) is 16.1. The van der Waals surface area contributed by atoms with Crippen LogP contribution in [0.15, 0.2) is 6.20 Å². The van der Waals surface area contributed by atoms with Gasteiger partial charge in [-0.05, 0) is 46.7 Å². The summed E-state index contributed by atoms with van der Waals surface area (Å²) in [5.74, 6) is 0. The first-order valence-corrected chi connectivity index (χ1v) is 7.19. The first-order chi connectivity index (χ1) is 10.2. The van der Waals surface area contributed by atoms with E-state index in [0.29, 0.717) is 6.47 Å². The maximum atomic E-state index is 12.4. The van der Waals surface area contributed by atoms with Crippen LogP contribution in [0.3, 0.4) is 0 Å². The summed E-state index contributed by atoms with van der Waals surface area (Å²) in [5, 5.41) is 7.05. The van der Waals surface area contributed by atoms with Crippen LogP contribution < -0.4 is 11.1 Å². The molecule has 22 heavy (non-hydrogen) atoms. The summed E-state index contributed by atoms with van der Waals surface area (Å²) < 4.78 is 31.0. The average molecular weight is 318 g/mol. The standard InChI is InChI=1S/C9H14F2N4.C5H10O2/c10-9(11)8-7(12)5-15(14-8)6-1-3-13-4-2-6;1-5(2,3)7-4-6/h5-6,9,13H,1-4,12H2;4H,1-3H3. The van der Waals surface area contributed by atoms with Crippen molar-refractivity contribution in [2.75, 3.05) is 18.8 Å². The number of nitrogen functional groups attached to an aromatic ring is 1. The second-order valence-corrected chi connectivity index (χ2v) is 6.06. The van der Waals surface area contributed by atoms with Gasteiger partial charge in [-0.15, -0.1) is 0 Å². The smallest absolute Gasteiger partial charge is 0.293 e. The highest BCUT2D eigenvalue weighted by molar-refractivity contribution is 5.41. The van der Waals surface area contributed by atoms with Crippen LogP contribution >= 0.6 is 0 Å². The van der Waals surface area contributed by atoms with Crippen molar-refractivity contribution in [2.45, 2.75) is 51.7 Å². The van der Waals surface area contributed by atoms with Crippen molar-refractivity contribution >= 4 is 12.2 Å². The number of carbonyl (C=O) groups excluding carboxylic acids is 1. The van der Waals surface area contributed by atoms with E-state index in [9.17, 15) is 13.6 Å². The van der Waals surface area contributed by atoms with Crippen LogP contribution in [0.2, 0.25) is 0 Å². The Balaban J connectivity index is 0.000000295. The first-order valence-electron chi connectivity index (χ1n) is 7.19. The van der Waals surface area contributed by atoms with Crippen LogP contribution in [0.1, 0.15) is 51.8 Å². The Hall–Kier alpha value is -1.70. The van der Waals surface area contributed by atoms with Gasteiger partial charge in [-0.2, -0.15) is 5.10 Å². The molecule has 0 saturated carbocycles. The molecule has 1 fully saturated rings.